The van der Waals surface area contributed by atoms with Crippen molar-refractivity contribution in [3.05, 3.63) is 89.9 Å². The van der Waals surface area contributed by atoms with Gasteiger partial charge < -0.3 is 10.1 Å². The van der Waals surface area contributed by atoms with Crippen LogP contribution in [-0.2, 0) is 4.74 Å². The second kappa shape index (κ2) is 8.27. The molecule has 0 spiro atoms. The number of nitrogens with one attached hydrogen (secondary N) is 1. The fourth-order valence-corrected chi connectivity index (χ4v) is 4.64. The largest absolute Gasteiger partial charge is 0.378 e. The Morgan fingerprint density at radius 1 is 1.03 bits per heavy atom. The number of morpholine rings is 1. The number of aromatic nitrogens is 3. The highest BCUT2D eigenvalue weighted by Crippen LogP contribution is 2.32. The van der Waals surface area contributed by atoms with Crippen molar-refractivity contribution in [1.82, 2.24) is 19.7 Å². The molecule has 4 heterocycles. The van der Waals surface area contributed by atoms with E-state index in [9.17, 15) is 8.78 Å². The van der Waals surface area contributed by atoms with Gasteiger partial charge in [0.15, 0.2) is 5.82 Å². The third kappa shape index (κ3) is 3.63. The second-order valence-electron chi connectivity index (χ2n) is 8.59. The number of nitrogens with zero attached hydrogens (tertiary/aromatic N) is 3. The molecule has 2 aromatic carbocycles. The molecule has 6 rings (SSSR count). The summed E-state index contributed by atoms with van der Waals surface area (Å²) < 4.78 is 35.9. The molecule has 1 N–H and O–H groups in total. The molecule has 170 valence electrons. The summed E-state index contributed by atoms with van der Waals surface area (Å²) in [5.41, 5.74) is 6.32. The van der Waals surface area contributed by atoms with Crippen LogP contribution in [0.2, 0.25) is 0 Å². The van der Waals surface area contributed by atoms with Crippen molar-refractivity contribution < 1.29 is 13.5 Å². The van der Waals surface area contributed by atoms with Gasteiger partial charge in [0.25, 0.3) is 0 Å². The van der Waals surface area contributed by atoms with Crippen molar-refractivity contribution in [2.45, 2.75) is 13.0 Å². The summed E-state index contributed by atoms with van der Waals surface area (Å²) >= 11 is 0. The van der Waals surface area contributed by atoms with Crippen LogP contribution < -0.4 is 5.32 Å². The van der Waals surface area contributed by atoms with Gasteiger partial charge in [0.1, 0.15) is 17.0 Å². The number of ether oxygens (including phenoxy) is 1. The van der Waals surface area contributed by atoms with Gasteiger partial charge in [0.05, 0.1) is 31.1 Å². The lowest BCUT2D eigenvalue weighted by molar-refractivity contribution is 0.0769. The predicted molar refractivity (Wildman–Crippen MR) is 128 cm³/mol. The first-order chi connectivity index (χ1) is 16.6. The number of hydrogen-bond acceptors (Lipinski definition) is 4. The molecule has 0 bridgehead atoms. The number of halogens is 2. The van der Waals surface area contributed by atoms with Crippen molar-refractivity contribution in [2.24, 2.45) is 0 Å². The number of rotatable bonds is 3. The van der Waals surface area contributed by atoms with Crippen LogP contribution >= 0.6 is 0 Å². The zero-order chi connectivity index (χ0) is 23.2. The van der Waals surface area contributed by atoms with E-state index in [4.69, 9.17) is 4.74 Å². The fraction of sp³-hybridized carbons (Fsp3) is 0.185. The van der Waals surface area contributed by atoms with Gasteiger partial charge in [-0.25, -0.2) is 18.7 Å². The Morgan fingerprint density at radius 3 is 2.68 bits per heavy atom. The first-order valence-corrected chi connectivity index (χ1v) is 11.2. The van der Waals surface area contributed by atoms with Crippen LogP contribution in [0.3, 0.4) is 0 Å². The molecular weight excluding hydrogens is 434 g/mol. The number of benzene rings is 2. The molecule has 1 atom stereocenters. The standard InChI is InChI=1S/C27H22F2N4O/c1-16-10-21(22-12-20(28)13-23(29)27(22)32-16)25-14-31-26-11-19(6-8-33(25)26)17-2-4-18(5-3-17)24-15-34-9-7-30-24/h2-6,8,10-14,24,30H,7,9,15H2,1H3. The minimum absolute atomic E-state index is 0.154. The number of pyridine rings is 2. The van der Waals surface area contributed by atoms with E-state index in [2.05, 4.69) is 39.6 Å². The molecule has 7 heteroatoms. The monoisotopic (exact) mass is 456 g/mol. The van der Waals surface area contributed by atoms with Crippen molar-refractivity contribution in [1.29, 1.82) is 0 Å². The Kier molecular flexibility index (Phi) is 5.08. The molecule has 0 radical (unpaired) electrons. The van der Waals surface area contributed by atoms with E-state index in [0.29, 0.717) is 23.3 Å². The smallest absolute Gasteiger partial charge is 0.152 e. The van der Waals surface area contributed by atoms with Gasteiger partial charge in [-0.3, -0.25) is 4.40 Å². The number of imidazole rings is 1. The SMILES string of the molecule is Cc1cc(-c2cnc3cc(-c4ccc(C5COCCN5)cc4)ccn23)c2cc(F)cc(F)c2n1. The highest BCUT2D eigenvalue weighted by molar-refractivity contribution is 5.94. The lowest BCUT2D eigenvalue weighted by Gasteiger charge is -2.24. The van der Waals surface area contributed by atoms with E-state index in [-0.39, 0.29) is 11.6 Å². The van der Waals surface area contributed by atoms with Gasteiger partial charge in [-0.15, -0.1) is 0 Å². The highest BCUT2D eigenvalue weighted by atomic mass is 19.1. The van der Waals surface area contributed by atoms with Crippen LogP contribution in [0, 0.1) is 18.6 Å². The summed E-state index contributed by atoms with van der Waals surface area (Å²) in [6.07, 6.45) is 3.67. The zero-order valence-corrected chi connectivity index (χ0v) is 18.6. The molecule has 1 aliphatic heterocycles. The van der Waals surface area contributed by atoms with E-state index in [1.807, 2.05) is 28.8 Å². The van der Waals surface area contributed by atoms with E-state index in [1.54, 1.807) is 13.1 Å². The van der Waals surface area contributed by atoms with Gasteiger partial charge in [-0.05, 0) is 47.9 Å². The first-order valence-electron chi connectivity index (χ1n) is 11.2. The van der Waals surface area contributed by atoms with E-state index >= 15 is 0 Å². The molecule has 0 aliphatic carbocycles. The van der Waals surface area contributed by atoms with Crippen LogP contribution in [0.25, 0.3) is 38.9 Å². The fourth-order valence-electron chi connectivity index (χ4n) is 4.64. The lowest BCUT2D eigenvalue weighted by atomic mass is 10.0. The van der Waals surface area contributed by atoms with Crippen molar-refractivity contribution >= 4 is 16.6 Å². The average molecular weight is 456 g/mol. The van der Waals surface area contributed by atoms with E-state index in [1.165, 1.54) is 11.6 Å². The Hall–Kier alpha value is -3.68. The molecule has 1 unspecified atom stereocenters. The summed E-state index contributed by atoms with van der Waals surface area (Å²) in [6, 6.07) is 16.7. The topological polar surface area (TPSA) is 51.5 Å². The number of fused-ring (bicyclic) bond motifs is 2. The Bertz CT molecular complexity index is 1520. The van der Waals surface area contributed by atoms with Gasteiger partial charge in [-0.2, -0.15) is 0 Å². The first kappa shape index (κ1) is 20.9. The lowest BCUT2D eigenvalue weighted by Crippen LogP contribution is -2.34. The zero-order valence-electron chi connectivity index (χ0n) is 18.6. The van der Waals surface area contributed by atoms with Gasteiger partial charge >= 0.3 is 0 Å². The summed E-state index contributed by atoms with van der Waals surface area (Å²) in [4.78, 5) is 8.86. The van der Waals surface area contributed by atoms with Crippen molar-refractivity contribution in [2.75, 3.05) is 19.8 Å². The van der Waals surface area contributed by atoms with E-state index in [0.717, 1.165) is 41.7 Å². The molecule has 34 heavy (non-hydrogen) atoms. The molecule has 3 aromatic heterocycles. The van der Waals surface area contributed by atoms with Gasteiger partial charge in [0.2, 0.25) is 0 Å². The van der Waals surface area contributed by atoms with E-state index < -0.39 is 11.6 Å². The van der Waals surface area contributed by atoms with Crippen LogP contribution in [0.1, 0.15) is 17.3 Å². The van der Waals surface area contributed by atoms with Crippen molar-refractivity contribution in [3.63, 3.8) is 0 Å². The Morgan fingerprint density at radius 2 is 1.88 bits per heavy atom. The second-order valence-corrected chi connectivity index (χ2v) is 8.59. The molecule has 1 saturated heterocycles. The quantitative estimate of drug-likeness (QED) is 0.392. The molecule has 0 saturated carbocycles. The minimum atomic E-state index is -0.672. The molecule has 0 amide bonds. The average Bonchev–Trinajstić information content (AvgIpc) is 3.28. The maximum absolute atomic E-state index is 14.4. The summed E-state index contributed by atoms with van der Waals surface area (Å²) in [7, 11) is 0. The van der Waals surface area contributed by atoms with Crippen LogP contribution in [0.4, 0.5) is 8.78 Å². The summed E-state index contributed by atoms with van der Waals surface area (Å²) in [5, 5.41) is 3.89. The van der Waals surface area contributed by atoms with Crippen LogP contribution in [0.5, 0.6) is 0 Å². The maximum atomic E-state index is 14.4. The third-order valence-corrected chi connectivity index (χ3v) is 6.32. The number of aryl methyl sites for hydroxylation is 1. The third-order valence-electron chi connectivity index (χ3n) is 6.32. The van der Waals surface area contributed by atoms with Gasteiger partial charge in [-0.1, -0.05) is 24.3 Å². The number of hydrogen-bond donors (Lipinski definition) is 1. The molecular formula is C27H22F2N4O. The van der Waals surface area contributed by atoms with Crippen LogP contribution in [-0.4, -0.2) is 34.1 Å². The Balaban J connectivity index is 1.39. The molecule has 1 fully saturated rings. The highest BCUT2D eigenvalue weighted by Gasteiger charge is 2.17. The molecule has 1 aliphatic rings. The van der Waals surface area contributed by atoms with Gasteiger partial charge in [0, 0.05) is 35.5 Å². The maximum Gasteiger partial charge on any atom is 0.152 e. The summed E-state index contributed by atoms with van der Waals surface area (Å²) in [6.45, 7) is 4.08. The predicted octanol–water partition coefficient (Wildman–Crippen LogP) is 5.46. The minimum Gasteiger partial charge on any atom is -0.378 e. The Labute approximate surface area is 195 Å². The normalized spacial score (nSPS) is 16.4. The molecule has 5 aromatic rings. The van der Waals surface area contributed by atoms with Crippen LogP contribution in [0.15, 0.2) is 67.0 Å². The van der Waals surface area contributed by atoms with Crippen molar-refractivity contribution in [3.8, 4) is 22.4 Å². The summed E-state index contributed by atoms with van der Waals surface area (Å²) in [5.74, 6) is -1.30. The molecule has 5 nitrogen and oxygen atoms in total.